The lowest BCUT2D eigenvalue weighted by molar-refractivity contribution is -0.136. The fourth-order valence-electron chi connectivity index (χ4n) is 6.33. The predicted octanol–water partition coefficient (Wildman–Crippen LogP) is 10.2. The second-order valence-corrected chi connectivity index (χ2v) is 12.8. The molecule has 226 valence electrons. The molecule has 0 aliphatic rings. The van der Waals surface area contributed by atoms with Crippen molar-refractivity contribution in [3.05, 3.63) is 125 Å². The second-order valence-electron chi connectivity index (χ2n) is 12.8. The number of carboxylic acids is 1. The second kappa shape index (κ2) is 13.9. The van der Waals surface area contributed by atoms with Gasteiger partial charge in [0, 0.05) is 6.42 Å². The van der Waals surface area contributed by atoms with Gasteiger partial charge in [0.05, 0.1) is 7.11 Å². The van der Waals surface area contributed by atoms with E-state index in [9.17, 15) is 9.90 Å². The Balaban J connectivity index is 1.65. The molecular weight excluding hydrogens is 540 g/mol. The quantitative estimate of drug-likeness (QED) is 0.159. The highest BCUT2D eigenvalue weighted by Gasteiger charge is 2.16. The Morgan fingerprint density at radius 1 is 0.682 bits per heavy atom. The number of carbonyl (C=O) groups is 1. The van der Waals surface area contributed by atoms with Gasteiger partial charge in [-0.05, 0) is 110 Å². The van der Waals surface area contributed by atoms with Crippen molar-refractivity contribution >= 4 is 16.7 Å². The van der Waals surface area contributed by atoms with E-state index in [1.54, 1.807) is 7.11 Å². The summed E-state index contributed by atoms with van der Waals surface area (Å²) in [6, 6.07) is 35.2. The largest absolute Gasteiger partial charge is 0.496 e. The lowest BCUT2D eigenvalue weighted by atomic mass is 9.86. The van der Waals surface area contributed by atoms with Crippen LogP contribution in [0, 0.1) is 11.8 Å². The van der Waals surface area contributed by atoms with E-state index in [1.807, 2.05) is 0 Å². The topological polar surface area (TPSA) is 46.5 Å². The maximum Gasteiger partial charge on any atom is 0.303 e. The number of methoxy groups -OCH3 is 1. The van der Waals surface area contributed by atoms with Crippen molar-refractivity contribution in [3.63, 3.8) is 0 Å². The minimum absolute atomic E-state index is 0.144. The molecule has 0 fully saturated rings. The highest BCUT2D eigenvalue weighted by Crippen LogP contribution is 2.36. The van der Waals surface area contributed by atoms with Gasteiger partial charge in [0.15, 0.2) is 0 Å². The van der Waals surface area contributed by atoms with Crippen molar-refractivity contribution in [2.24, 2.45) is 11.8 Å². The maximum atomic E-state index is 11.2. The van der Waals surface area contributed by atoms with Gasteiger partial charge in [0.1, 0.15) is 5.75 Å². The molecule has 0 atom stereocenters. The van der Waals surface area contributed by atoms with Crippen LogP contribution in [0.3, 0.4) is 0 Å². The smallest absolute Gasteiger partial charge is 0.303 e. The number of aryl methyl sites for hydroxylation is 1. The number of rotatable bonds is 12. The molecule has 3 nitrogen and oxygen atoms in total. The van der Waals surface area contributed by atoms with Gasteiger partial charge >= 0.3 is 5.97 Å². The highest BCUT2D eigenvalue weighted by molar-refractivity contribution is 5.86. The third-order valence-electron chi connectivity index (χ3n) is 8.32. The summed E-state index contributed by atoms with van der Waals surface area (Å²) in [4.78, 5) is 11.2. The minimum atomic E-state index is -0.761. The molecule has 0 radical (unpaired) electrons. The molecule has 0 aliphatic carbocycles. The zero-order valence-corrected chi connectivity index (χ0v) is 26.7. The number of aliphatic carboxylic acids is 1. The fourth-order valence-corrected chi connectivity index (χ4v) is 6.33. The SMILES string of the molecule is COc1ccc(-c2ccc(-c3ccc(CCC(=O)O)cc3CC(C)C)cc2Cc2cccc3ccccc23)cc1CC(C)C. The number of carboxylic acid groups (broad SMARTS) is 1. The minimum Gasteiger partial charge on any atom is -0.496 e. The molecule has 0 bridgehead atoms. The van der Waals surface area contributed by atoms with E-state index in [0.29, 0.717) is 18.3 Å². The molecule has 0 amide bonds. The zero-order valence-electron chi connectivity index (χ0n) is 26.7. The third kappa shape index (κ3) is 7.39. The van der Waals surface area contributed by atoms with Crippen molar-refractivity contribution in [3.8, 4) is 28.0 Å². The summed E-state index contributed by atoms with van der Waals surface area (Å²) in [5, 5.41) is 11.8. The summed E-state index contributed by atoms with van der Waals surface area (Å²) in [5.41, 5.74) is 11.0. The Kier molecular flexibility index (Phi) is 9.85. The molecular formula is C41H44O3. The van der Waals surface area contributed by atoms with Crippen LogP contribution in [0.4, 0.5) is 0 Å². The van der Waals surface area contributed by atoms with Gasteiger partial charge in [0.25, 0.3) is 0 Å². The van der Waals surface area contributed by atoms with Crippen LogP contribution in [0.1, 0.15) is 61.9 Å². The van der Waals surface area contributed by atoms with Gasteiger partial charge in [-0.25, -0.2) is 0 Å². The summed E-state index contributed by atoms with van der Waals surface area (Å²) in [6.45, 7) is 8.96. The summed E-state index contributed by atoms with van der Waals surface area (Å²) in [7, 11) is 1.75. The lowest BCUT2D eigenvalue weighted by Crippen LogP contribution is -2.02. The average Bonchev–Trinajstić information content (AvgIpc) is 3.00. The van der Waals surface area contributed by atoms with Gasteiger partial charge in [-0.3, -0.25) is 4.79 Å². The molecule has 0 saturated carbocycles. The molecule has 0 unspecified atom stereocenters. The van der Waals surface area contributed by atoms with Gasteiger partial charge in [-0.1, -0.05) is 113 Å². The molecule has 0 aromatic heterocycles. The summed E-state index contributed by atoms with van der Waals surface area (Å²) >= 11 is 0. The van der Waals surface area contributed by atoms with E-state index in [0.717, 1.165) is 30.6 Å². The third-order valence-corrected chi connectivity index (χ3v) is 8.32. The molecule has 0 saturated heterocycles. The Bertz CT molecular complexity index is 1760. The number of hydrogen-bond donors (Lipinski definition) is 1. The first-order valence-corrected chi connectivity index (χ1v) is 15.8. The molecule has 0 spiro atoms. The van der Waals surface area contributed by atoms with Gasteiger partial charge < -0.3 is 9.84 Å². The van der Waals surface area contributed by atoms with E-state index in [2.05, 4.69) is 125 Å². The number of fused-ring (bicyclic) bond motifs is 1. The van der Waals surface area contributed by atoms with Crippen LogP contribution < -0.4 is 4.74 Å². The summed E-state index contributed by atoms with van der Waals surface area (Å²) in [6.07, 6.45) is 3.40. The molecule has 5 aromatic carbocycles. The molecule has 3 heteroatoms. The number of benzene rings is 5. The van der Waals surface area contributed by atoms with Crippen molar-refractivity contribution in [1.29, 1.82) is 0 Å². The van der Waals surface area contributed by atoms with E-state index >= 15 is 0 Å². The summed E-state index contributed by atoms with van der Waals surface area (Å²) in [5.74, 6) is 1.19. The van der Waals surface area contributed by atoms with E-state index in [-0.39, 0.29) is 6.42 Å². The first-order chi connectivity index (χ1) is 21.2. The molecule has 1 N–H and O–H groups in total. The summed E-state index contributed by atoms with van der Waals surface area (Å²) < 4.78 is 5.74. The molecule has 44 heavy (non-hydrogen) atoms. The van der Waals surface area contributed by atoms with Crippen LogP contribution in [-0.4, -0.2) is 18.2 Å². The normalized spacial score (nSPS) is 11.4. The van der Waals surface area contributed by atoms with Crippen molar-refractivity contribution < 1.29 is 14.6 Å². The fraction of sp³-hybridized carbons (Fsp3) is 0.293. The average molecular weight is 585 g/mol. The lowest BCUT2D eigenvalue weighted by Gasteiger charge is -2.19. The van der Waals surface area contributed by atoms with Crippen LogP contribution >= 0.6 is 0 Å². The Morgan fingerprint density at radius 3 is 2.05 bits per heavy atom. The Labute approximate surface area is 262 Å². The number of ether oxygens (including phenoxy) is 1. The highest BCUT2D eigenvalue weighted by atomic mass is 16.5. The van der Waals surface area contributed by atoms with Crippen LogP contribution in [-0.2, 0) is 30.5 Å². The van der Waals surface area contributed by atoms with Gasteiger partial charge in [-0.2, -0.15) is 0 Å². The van der Waals surface area contributed by atoms with E-state index < -0.39 is 5.97 Å². The monoisotopic (exact) mass is 584 g/mol. The van der Waals surface area contributed by atoms with E-state index in [1.165, 1.54) is 55.3 Å². The first kappa shape index (κ1) is 31.1. The predicted molar refractivity (Wildman–Crippen MR) is 184 cm³/mol. The zero-order chi connectivity index (χ0) is 31.2. The van der Waals surface area contributed by atoms with Crippen molar-refractivity contribution in [2.75, 3.05) is 7.11 Å². The Hall–Kier alpha value is -4.37. The van der Waals surface area contributed by atoms with Gasteiger partial charge in [0.2, 0.25) is 0 Å². The Morgan fingerprint density at radius 2 is 1.32 bits per heavy atom. The van der Waals surface area contributed by atoms with Gasteiger partial charge in [-0.15, -0.1) is 0 Å². The molecule has 0 aliphatic heterocycles. The maximum absolute atomic E-state index is 11.2. The van der Waals surface area contributed by atoms with E-state index in [4.69, 9.17) is 4.74 Å². The molecule has 5 aromatic rings. The van der Waals surface area contributed by atoms with Crippen molar-refractivity contribution in [1.82, 2.24) is 0 Å². The standard InChI is InChI=1S/C41H44O3/c1-27(2)21-34-23-29(14-20-41(42)43)13-17-38(34)32-15-18-39(33-16-19-40(44-5)36(26-33)22-28(3)4)35(25-32)24-31-11-8-10-30-9-6-7-12-37(30)31/h6-13,15-19,23,25-28H,14,20-22,24H2,1-5H3,(H,42,43). The number of hydrogen-bond acceptors (Lipinski definition) is 2. The van der Waals surface area contributed by atoms with Crippen LogP contribution in [0.2, 0.25) is 0 Å². The van der Waals surface area contributed by atoms with Crippen LogP contribution in [0.25, 0.3) is 33.0 Å². The van der Waals surface area contributed by atoms with Crippen LogP contribution in [0.5, 0.6) is 5.75 Å². The first-order valence-electron chi connectivity index (χ1n) is 15.8. The van der Waals surface area contributed by atoms with Crippen molar-refractivity contribution in [2.45, 2.75) is 59.8 Å². The molecule has 0 heterocycles. The molecule has 5 rings (SSSR count). The van der Waals surface area contributed by atoms with Crippen LogP contribution in [0.15, 0.2) is 97.1 Å².